The van der Waals surface area contributed by atoms with E-state index in [9.17, 15) is 4.79 Å². The normalized spacial score (nSPS) is 17.2. The van der Waals surface area contributed by atoms with Crippen molar-refractivity contribution in [2.75, 3.05) is 19.6 Å². The molecule has 0 amide bonds. The van der Waals surface area contributed by atoms with Crippen LogP contribution in [0, 0.1) is 13.8 Å². The van der Waals surface area contributed by atoms with Crippen LogP contribution in [0.4, 0.5) is 0 Å². The number of esters is 1. The first-order valence-corrected chi connectivity index (χ1v) is 8.40. The summed E-state index contributed by atoms with van der Waals surface area (Å²) in [5, 5.41) is 11.1. The van der Waals surface area contributed by atoms with Gasteiger partial charge >= 0.3 is 5.97 Å². The SMILES string of the molecule is Cc1cc(C)n(-c2cccc(OC(=O)CCNC3CCNC3)c2)n1. The first-order valence-electron chi connectivity index (χ1n) is 8.40. The molecule has 0 saturated carbocycles. The second kappa shape index (κ2) is 7.59. The van der Waals surface area contributed by atoms with E-state index >= 15 is 0 Å². The summed E-state index contributed by atoms with van der Waals surface area (Å²) in [6.07, 6.45) is 1.47. The van der Waals surface area contributed by atoms with Gasteiger partial charge in [-0.25, -0.2) is 4.68 Å². The van der Waals surface area contributed by atoms with Gasteiger partial charge in [-0.05, 0) is 45.0 Å². The average molecular weight is 328 g/mol. The molecule has 1 aromatic carbocycles. The van der Waals surface area contributed by atoms with Crippen molar-refractivity contribution in [2.24, 2.45) is 0 Å². The van der Waals surface area contributed by atoms with Gasteiger partial charge in [0.1, 0.15) is 5.75 Å². The van der Waals surface area contributed by atoms with Gasteiger partial charge < -0.3 is 15.4 Å². The van der Waals surface area contributed by atoms with Crippen LogP contribution in [0.1, 0.15) is 24.2 Å². The third-order valence-electron chi connectivity index (χ3n) is 4.13. The Morgan fingerprint density at radius 2 is 2.29 bits per heavy atom. The van der Waals surface area contributed by atoms with Crippen molar-refractivity contribution < 1.29 is 9.53 Å². The second-order valence-electron chi connectivity index (χ2n) is 6.20. The summed E-state index contributed by atoms with van der Waals surface area (Å²) in [5.74, 6) is 0.326. The number of aryl methyl sites for hydroxylation is 2. The molecule has 24 heavy (non-hydrogen) atoms. The lowest BCUT2D eigenvalue weighted by Crippen LogP contribution is -2.33. The number of carbonyl (C=O) groups is 1. The van der Waals surface area contributed by atoms with E-state index in [1.807, 2.05) is 42.8 Å². The molecule has 1 unspecified atom stereocenters. The lowest BCUT2D eigenvalue weighted by atomic mass is 10.2. The minimum absolute atomic E-state index is 0.223. The van der Waals surface area contributed by atoms with Crippen LogP contribution in [0.2, 0.25) is 0 Å². The summed E-state index contributed by atoms with van der Waals surface area (Å²) < 4.78 is 7.30. The summed E-state index contributed by atoms with van der Waals surface area (Å²) in [5.41, 5.74) is 2.90. The van der Waals surface area contributed by atoms with Crippen molar-refractivity contribution in [1.29, 1.82) is 0 Å². The molecule has 0 bridgehead atoms. The van der Waals surface area contributed by atoms with E-state index < -0.39 is 0 Å². The molecule has 3 rings (SSSR count). The number of ether oxygens (including phenoxy) is 1. The summed E-state index contributed by atoms with van der Waals surface area (Å²) in [4.78, 5) is 12.0. The lowest BCUT2D eigenvalue weighted by molar-refractivity contribution is -0.134. The predicted octanol–water partition coefficient (Wildman–Crippen LogP) is 1.74. The van der Waals surface area contributed by atoms with Crippen LogP contribution in [-0.2, 0) is 4.79 Å². The molecule has 6 nitrogen and oxygen atoms in total. The van der Waals surface area contributed by atoms with Gasteiger partial charge in [-0.15, -0.1) is 0 Å². The zero-order chi connectivity index (χ0) is 16.9. The van der Waals surface area contributed by atoms with Crippen molar-refractivity contribution in [3.63, 3.8) is 0 Å². The van der Waals surface area contributed by atoms with Gasteiger partial charge in [-0.2, -0.15) is 5.10 Å². The van der Waals surface area contributed by atoms with Crippen LogP contribution in [0.3, 0.4) is 0 Å². The lowest BCUT2D eigenvalue weighted by Gasteiger charge is -2.11. The smallest absolute Gasteiger partial charge is 0.312 e. The van der Waals surface area contributed by atoms with Gasteiger partial charge in [0.25, 0.3) is 0 Å². The van der Waals surface area contributed by atoms with Crippen LogP contribution in [-0.4, -0.2) is 41.4 Å². The topological polar surface area (TPSA) is 68.2 Å². The number of nitrogens with zero attached hydrogens (tertiary/aromatic N) is 2. The number of benzene rings is 1. The highest BCUT2D eigenvalue weighted by molar-refractivity contribution is 5.72. The van der Waals surface area contributed by atoms with E-state index in [0.29, 0.717) is 24.8 Å². The molecule has 1 atom stereocenters. The highest BCUT2D eigenvalue weighted by atomic mass is 16.5. The van der Waals surface area contributed by atoms with Crippen molar-refractivity contribution in [1.82, 2.24) is 20.4 Å². The fraction of sp³-hybridized carbons (Fsp3) is 0.444. The molecule has 1 aliphatic rings. The molecule has 128 valence electrons. The highest BCUT2D eigenvalue weighted by Crippen LogP contribution is 2.18. The fourth-order valence-electron chi connectivity index (χ4n) is 2.96. The quantitative estimate of drug-likeness (QED) is 0.624. The zero-order valence-corrected chi connectivity index (χ0v) is 14.2. The Hall–Kier alpha value is -2.18. The number of nitrogens with one attached hydrogen (secondary N) is 2. The first-order chi connectivity index (χ1) is 11.6. The van der Waals surface area contributed by atoms with E-state index in [2.05, 4.69) is 15.7 Å². The van der Waals surface area contributed by atoms with Crippen molar-refractivity contribution >= 4 is 5.97 Å². The van der Waals surface area contributed by atoms with Crippen molar-refractivity contribution in [3.8, 4) is 11.4 Å². The van der Waals surface area contributed by atoms with Crippen LogP contribution < -0.4 is 15.4 Å². The number of carbonyl (C=O) groups excluding carboxylic acids is 1. The Bertz CT molecular complexity index is 705. The largest absolute Gasteiger partial charge is 0.426 e. The molecule has 6 heteroatoms. The van der Waals surface area contributed by atoms with Gasteiger partial charge in [0, 0.05) is 30.9 Å². The van der Waals surface area contributed by atoms with Gasteiger partial charge in [0.2, 0.25) is 0 Å². The third kappa shape index (κ3) is 4.21. The van der Waals surface area contributed by atoms with E-state index in [0.717, 1.165) is 36.6 Å². The molecule has 2 N–H and O–H groups in total. The van der Waals surface area contributed by atoms with Gasteiger partial charge in [-0.1, -0.05) is 6.07 Å². The predicted molar refractivity (Wildman–Crippen MR) is 92.6 cm³/mol. The minimum atomic E-state index is -0.223. The molecule has 0 spiro atoms. The number of rotatable bonds is 6. The Morgan fingerprint density at radius 1 is 1.42 bits per heavy atom. The minimum Gasteiger partial charge on any atom is -0.426 e. The molecular formula is C18H24N4O2. The number of hydrogen-bond acceptors (Lipinski definition) is 5. The molecular weight excluding hydrogens is 304 g/mol. The Kier molecular flexibility index (Phi) is 5.27. The van der Waals surface area contributed by atoms with E-state index in [4.69, 9.17) is 4.74 Å². The highest BCUT2D eigenvalue weighted by Gasteiger charge is 2.14. The van der Waals surface area contributed by atoms with Crippen molar-refractivity contribution in [3.05, 3.63) is 41.7 Å². The molecule has 0 radical (unpaired) electrons. The fourth-order valence-corrected chi connectivity index (χ4v) is 2.96. The van der Waals surface area contributed by atoms with E-state index in [-0.39, 0.29) is 5.97 Å². The molecule has 1 fully saturated rings. The number of aromatic nitrogens is 2. The summed E-state index contributed by atoms with van der Waals surface area (Å²) >= 11 is 0. The van der Waals surface area contributed by atoms with E-state index in [1.54, 1.807) is 6.07 Å². The Labute approximate surface area is 142 Å². The maximum atomic E-state index is 12.0. The monoisotopic (exact) mass is 328 g/mol. The third-order valence-corrected chi connectivity index (χ3v) is 4.13. The van der Waals surface area contributed by atoms with Gasteiger partial charge in [0.15, 0.2) is 0 Å². The van der Waals surface area contributed by atoms with Crippen LogP contribution in [0.15, 0.2) is 30.3 Å². The van der Waals surface area contributed by atoms with Crippen molar-refractivity contribution in [2.45, 2.75) is 32.7 Å². The molecule has 2 heterocycles. The standard InChI is InChI=1S/C18H24N4O2/c1-13-10-14(2)22(21-13)16-4-3-5-17(11-16)24-18(23)7-9-20-15-6-8-19-12-15/h3-5,10-11,15,19-20H,6-9,12H2,1-2H3. The summed E-state index contributed by atoms with van der Waals surface area (Å²) in [7, 11) is 0. The van der Waals surface area contributed by atoms with E-state index in [1.165, 1.54) is 0 Å². The zero-order valence-electron chi connectivity index (χ0n) is 14.2. The molecule has 1 aromatic heterocycles. The summed E-state index contributed by atoms with van der Waals surface area (Å²) in [6, 6.07) is 9.93. The summed E-state index contributed by atoms with van der Waals surface area (Å²) in [6.45, 7) is 6.62. The van der Waals surface area contributed by atoms with Gasteiger partial charge in [0.05, 0.1) is 17.8 Å². The van der Waals surface area contributed by atoms with Crippen LogP contribution in [0.25, 0.3) is 5.69 Å². The molecule has 1 saturated heterocycles. The molecule has 1 aliphatic heterocycles. The second-order valence-corrected chi connectivity index (χ2v) is 6.20. The maximum Gasteiger partial charge on any atom is 0.312 e. The van der Waals surface area contributed by atoms with Crippen LogP contribution in [0.5, 0.6) is 5.75 Å². The Morgan fingerprint density at radius 3 is 3.00 bits per heavy atom. The van der Waals surface area contributed by atoms with Crippen LogP contribution >= 0.6 is 0 Å². The average Bonchev–Trinajstić information content (AvgIpc) is 3.17. The Balaban J connectivity index is 1.56. The number of hydrogen-bond donors (Lipinski definition) is 2. The maximum absolute atomic E-state index is 12.0. The molecule has 2 aromatic rings. The first kappa shape index (κ1) is 16.7. The molecule has 0 aliphatic carbocycles. The van der Waals surface area contributed by atoms with Gasteiger partial charge in [-0.3, -0.25) is 4.79 Å².